The van der Waals surface area contributed by atoms with Crippen molar-refractivity contribution in [2.24, 2.45) is 0 Å². The van der Waals surface area contributed by atoms with Crippen LogP contribution in [0.1, 0.15) is 12.8 Å². The van der Waals surface area contributed by atoms with E-state index in [0.717, 1.165) is 11.2 Å². The minimum absolute atomic E-state index is 0.0543. The molecule has 11 nitrogen and oxygen atoms in total. The monoisotopic (exact) mass is 339 g/mol. The number of nitrogens with zero attached hydrogens (tertiary/aromatic N) is 9. The van der Waals surface area contributed by atoms with E-state index in [1.165, 1.54) is 4.90 Å². The lowest BCUT2D eigenvalue weighted by Crippen LogP contribution is -2.30. The van der Waals surface area contributed by atoms with Gasteiger partial charge in [0.2, 0.25) is 11.6 Å². The number of hydrogen-bond acceptors (Lipinski definition) is 10. The second kappa shape index (κ2) is 9.94. The van der Waals surface area contributed by atoms with E-state index in [-0.39, 0.29) is 50.7 Å². The average molecular weight is 339 g/mol. The van der Waals surface area contributed by atoms with Crippen LogP contribution in [0.4, 0.5) is 17.3 Å². The highest BCUT2D eigenvalue weighted by atomic mass is 16.6. The van der Waals surface area contributed by atoms with Gasteiger partial charge in [-0.15, -0.1) is 0 Å². The van der Waals surface area contributed by atoms with E-state index in [1.807, 2.05) is 24.3 Å². The Bertz CT molecular complexity index is 747. The summed E-state index contributed by atoms with van der Waals surface area (Å²) in [6, 6.07) is 7.53. The maximum atomic E-state index is 11.6. The second-order valence-electron chi connectivity index (χ2n) is 4.60. The van der Waals surface area contributed by atoms with Crippen molar-refractivity contribution in [2.75, 3.05) is 36.0 Å². The Kier molecular flexibility index (Phi) is 7.59. The van der Waals surface area contributed by atoms with Gasteiger partial charge in [0, 0.05) is 13.1 Å². The average Bonchev–Trinajstić information content (AvgIpc) is 2.61. The zero-order valence-corrected chi connectivity index (χ0v) is 13.2. The van der Waals surface area contributed by atoms with E-state index in [4.69, 9.17) is 21.0 Å². The van der Waals surface area contributed by atoms with Crippen LogP contribution >= 0.6 is 0 Å². The number of rotatable bonds is 9. The maximum Gasteiger partial charge on any atom is 0.353 e. The SMILES string of the molecule is N#CCCN(CCC#N)c1ncnc(N(CC#N)CC#N)c1[N+](=O)[O-]. The Labute approximate surface area is 143 Å². The zero-order valence-electron chi connectivity index (χ0n) is 13.2. The predicted molar refractivity (Wildman–Crippen MR) is 84.8 cm³/mol. The van der Waals surface area contributed by atoms with Crippen LogP contribution in [0.2, 0.25) is 0 Å². The number of anilines is 2. The third-order valence-corrected chi connectivity index (χ3v) is 3.08. The number of nitro groups is 1. The van der Waals surface area contributed by atoms with E-state index >= 15 is 0 Å². The normalized spacial score (nSPS) is 9.12. The lowest BCUT2D eigenvalue weighted by Gasteiger charge is -2.23. The topological polar surface area (TPSA) is 171 Å². The highest BCUT2D eigenvalue weighted by molar-refractivity contribution is 5.71. The molecule has 1 aromatic rings. The molecule has 1 aromatic heterocycles. The summed E-state index contributed by atoms with van der Waals surface area (Å²) in [5, 5.41) is 46.8. The van der Waals surface area contributed by atoms with Gasteiger partial charge in [-0.1, -0.05) is 0 Å². The molecule has 0 saturated carbocycles. The molecule has 1 rings (SSSR count). The molecule has 0 bridgehead atoms. The largest absolute Gasteiger partial charge is 0.353 e. The number of hydrogen-bond donors (Lipinski definition) is 0. The molecule has 0 radical (unpaired) electrons. The molecule has 0 N–H and O–H groups in total. The molecule has 0 atom stereocenters. The lowest BCUT2D eigenvalue weighted by atomic mass is 10.3. The number of aromatic nitrogens is 2. The van der Waals surface area contributed by atoms with E-state index in [1.54, 1.807) is 0 Å². The predicted octanol–water partition coefficient (Wildman–Crippen LogP) is 0.872. The number of nitriles is 4. The van der Waals surface area contributed by atoms with Crippen LogP contribution in [0, 0.1) is 55.4 Å². The van der Waals surface area contributed by atoms with Gasteiger partial charge in [0.15, 0.2) is 0 Å². The third-order valence-electron chi connectivity index (χ3n) is 3.08. The smallest absolute Gasteiger partial charge is 0.349 e. The first-order valence-corrected chi connectivity index (χ1v) is 7.07. The Balaban J connectivity index is 3.44. The molecule has 0 amide bonds. The first-order valence-electron chi connectivity index (χ1n) is 7.07. The van der Waals surface area contributed by atoms with Crippen molar-refractivity contribution in [1.29, 1.82) is 21.0 Å². The van der Waals surface area contributed by atoms with Crippen LogP contribution < -0.4 is 9.80 Å². The lowest BCUT2D eigenvalue weighted by molar-refractivity contribution is -0.383. The highest BCUT2D eigenvalue weighted by Crippen LogP contribution is 2.34. The van der Waals surface area contributed by atoms with Gasteiger partial charge in [0.25, 0.3) is 0 Å². The summed E-state index contributed by atoms with van der Waals surface area (Å²) in [5.41, 5.74) is -0.469. The molecular weight excluding hydrogens is 326 g/mol. The van der Waals surface area contributed by atoms with Crippen LogP contribution in [0.5, 0.6) is 0 Å². The van der Waals surface area contributed by atoms with Crippen molar-refractivity contribution in [3.8, 4) is 24.3 Å². The van der Waals surface area contributed by atoms with Gasteiger partial charge in [-0.3, -0.25) is 10.1 Å². The van der Waals surface area contributed by atoms with Gasteiger partial charge in [0.1, 0.15) is 19.4 Å². The zero-order chi connectivity index (χ0) is 18.7. The first kappa shape index (κ1) is 19.1. The van der Waals surface area contributed by atoms with Crippen LogP contribution in [0.3, 0.4) is 0 Å². The molecule has 0 aromatic carbocycles. The second-order valence-corrected chi connectivity index (χ2v) is 4.60. The van der Waals surface area contributed by atoms with Crippen LogP contribution in [0.25, 0.3) is 0 Å². The molecule has 0 spiro atoms. The van der Waals surface area contributed by atoms with Gasteiger partial charge in [-0.25, -0.2) is 9.97 Å². The van der Waals surface area contributed by atoms with Crippen molar-refractivity contribution >= 4 is 17.3 Å². The molecule has 126 valence electrons. The van der Waals surface area contributed by atoms with Crippen LogP contribution in [-0.2, 0) is 0 Å². The van der Waals surface area contributed by atoms with Gasteiger partial charge < -0.3 is 9.80 Å². The van der Waals surface area contributed by atoms with E-state index in [0.29, 0.717) is 0 Å². The van der Waals surface area contributed by atoms with Gasteiger partial charge in [-0.05, 0) is 0 Å². The molecule has 0 fully saturated rings. The first-order chi connectivity index (χ1) is 12.1. The van der Waals surface area contributed by atoms with Crippen LogP contribution in [0.15, 0.2) is 6.33 Å². The van der Waals surface area contributed by atoms with Crippen molar-refractivity contribution in [2.45, 2.75) is 12.8 Å². The Morgan fingerprint density at radius 2 is 1.40 bits per heavy atom. The highest BCUT2D eigenvalue weighted by Gasteiger charge is 2.29. The molecular formula is C14H13N9O2. The summed E-state index contributed by atoms with van der Waals surface area (Å²) in [7, 11) is 0. The molecule has 11 heteroatoms. The summed E-state index contributed by atoms with van der Waals surface area (Å²) in [6.45, 7) is -0.236. The fourth-order valence-electron chi connectivity index (χ4n) is 2.06. The van der Waals surface area contributed by atoms with E-state index < -0.39 is 10.6 Å². The summed E-state index contributed by atoms with van der Waals surface area (Å²) in [5.74, 6) is -0.210. The molecule has 0 aliphatic rings. The Morgan fingerprint density at radius 3 is 1.80 bits per heavy atom. The van der Waals surface area contributed by atoms with Gasteiger partial charge in [0.05, 0.1) is 42.0 Å². The summed E-state index contributed by atoms with van der Waals surface area (Å²) in [4.78, 5) is 21.3. The third kappa shape index (κ3) is 5.02. The molecule has 0 aliphatic carbocycles. The quantitative estimate of drug-likeness (QED) is 0.357. The Hall–Kier alpha value is -3.96. The van der Waals surface area contributed by atoms with Crippen LogP contribution in [-0.4, -0.2) is 41.1 Å². The van der Waals surface area contributed by atoms with Crippen molar-refractivity contribution < 1.29 is 4.92 Å². The van der Waals surface area contributed by atoms with E-state index in [2.05, 4.69) is 9.97 Å². The summed E-state index contributed by atoms with van der Waals surface area (Å²) < 4.78 is 0. The minimum Gasteiger partial charge on any atom is -0.349 e. The van der Waals surface area contributed by atoms with Crippen molar-refractivity contribution in [3.63, 3.8) is 0 Å². The molecule has 0 aliphatic heterocycles. The molecule has 0 unspecified atom stereocenters. The van der Waals surface area contributed by atoms with Crippen molar-refractivity contribution in [1.82, 2.24) is 9.97 Å². The van der Waals surface area contributed by atoms with Crippen molar-refractivity contribution in [3.05, 3.63) is 16.4 Å². The fraction of sp³-hybridized carbons (Fsp3) is 0.429. The minimum atomic E-state index is -0.696. The van der Waals surface area contributed by atoms with E-state index in [9.17, 15) is 10.1 Å². The Morgan fingerprint density at radius 1 is 0.920 bits per heavy atom. The molecule has 25 heavy (non-hydrogen) atoms. The van der Waals surface area contributed by atoms with Gasteiger partial charge in [-0.2, -0.15) is 21.0 Å². The fourth-order valence-corrected chi connectivity index (χ4v) is 2.06. The maximum absolute atomic E-state index is 11.6. The molecule has 0 saturated heterocycles. The summed E-state index contributed by atoms with van der Waals surface area (Å²) in [6.07, 6.45) is 1.26. The summed E-state index contributed by atoms with van der Waals surface area (Å²) >= 11 is 0. The van der Waals surface area contributed by atoms with Gasteiger partial charge >= 0.3 is 5.69 Å². The standard InChI is InChI=1S/C14H13N9O2/c15-3-1-7-21(8-2-4-16)13-12(23(24)25)14(20-11-19-13)22(9-5-17)10-6-18/h11H,1-2,7-10H2. The molecule has 1 heterocycles.